The average molecular weight is 285 g/mol. The van der Waals surface area contributed by atoms with Crippen LogP contribution >= 0.6 is 15.9 Å². The smallest absolute Gasteiger partial charge is 0.252 e. The summed E-state index contributed by atoms with van der Waals surface area (Å²) in [4.78, 5) is 11.2. The number of halogens is 1. The third-order valence-electron chi connectivity index (χ3n) is 2.52. The SMILES string of the molecule is NC(=O)c1ccc(Br)cc1OC1CCNC1. The fraction of sp³-hybridized carbons (Fsp3) is 0.364. The first-order chi connectivity index (χ1) is 7.66. The van der Waals surface area contributed by atoms with Crippen LogP contribution in [0.15, 0.2) is 22.7 Å². The molecule has 0 saturated carbocycles. The molecule has 0 aliphatic carbocycles. The summed E-state index contributed by atoms with van der Waals surface area (Å²) in [5.74, 6) is 0.0871. The van der Waals surface area contributed by atoms with Gasteiger partial charge in [0.2, 0.25) is 0 Å². The van der Waals surface area contributed by atoms with Crippen LogP contribution in [0.1, 0.15) is 16.8 Å². The number of amides is 1. The topological polar surface area (TPSA) is 64.4 Å². The second kappa shape index (κ2) is 4.84. The Morgan fingerprint density at radius 3 is 3.00 bits per heavy atom. The summed E-state index contributed by atoms with van der Waals surface area (Å²) in [5, 5.41) is 3.20. The van der Waals surface area contributed by atoms with Gasteiger partial charge < -0.3 is 15.8 Å². The Hall–Kier alpha value is -1.07. The van der Waals surface area contributed by atoms with Crippen molar-refractivity contribution in [3.8, 4) is 5.75 Å². The van der Waals surface area contributed by atoms with Crippen LogP contribution in [0.3, 0.4) is 0 Å². The van der Waals surface area contributed by atoms with Gasteiger partial charge in [-0.15, -0.1) is 0 Å². The van der Waals surface area contributed by atoms with E-state index >= 15 is 0 Å². The van der Waals surface area contributed by atoms with Crippen LogP contribution in [0.5, 0.6) is 5.75 Å². The molecular formula is C11H13BrN2O2. The minimum atomic E-state index is -0.464. The average Bonchev–Trinajstić information content (AvgIpc) is 2.70. The van der Waals surface area contributed by atoms with Gasteiger partial charge in [0.1, 0.15) is 11.9 Å². The molecule has 1 unspecified atom stereocenters. The maximum absolute atomic E-state index is 11.2. The first-order valence-electron chi connectivity index (χ1n) is 5.13. The highest BCUT2D eigenvalue weighted by atomic mass is 79.9. The Morgan fingerprint density at radius 1 is 1.56 bits per heavy atom. The van der Waals surface area contributed by atoms with Crippen LogP contribution in [-0.4, -0.2) is 25.1 Å². The van der Waals surface area contributed by atoms with Gasteiger partial charge in [-0.25, -0.2) is 0 Å². The summed E-state index contributed by atoms with van der Waals surface area (Å²) < 4.78 is 6.63. The van der Waals surface area contributed by atoms with Gasteiger partial charge in [0.05, 0.1) is 5.56 Å². The number of nitrogens with one attached hydrogen (secondary N) is 1. The van der Waals surface area contributed by atoms with Crippen LogP contribution in [0, 0.1) is 0 Å². The number of hydrogen-bond donors (Lipinski definition) is 2. The van der Waals surface area contributed by atoms with E-state index in [1.54, 1.807) is 18.2 Å². The van der Waals surface area contributed by atoms with E-state index in [1.165, 1.54) is 0 Å². The molecule has 2 rings (SSSR count). The Bertz CT molecular complexity index is 403. The predicted octanol–water partition coefficient (Wildman–Crippen LogP) is 1.29. The lowest BCUT2D eigenvalue weighted by Gasteiger charge is -2.15. The molecule has 1 aromatic carbocycles. The number of primary amides is 1. The Kier molecular flexibility index (Phi) is 3.46. The number of carbonyl (C=O) groups excluding carboxylic acids is 1. The minimum Gasteiger partial charge on any atom is -0.488 e. The van der Waals surface area contributed by atoms with Crippen molar-refractivity contribution >= 4 is 21.8 Å². The van der Waals surface area contributed by atoms with Crippen molar-refractivity contribution in [3.63, 3.8) is 0 Å². The van der Waals surface area contributed by atoms with Gasteiger partial charge in [0.15, 0.2) is 0 Å². The highest BCUT2D eigenvalue weighted by Crippen LogP contribution is 2.25. The molecule has 1 aliphatic rings. The van der Waals surface area contributed by atoms with Gasteiger partial charge in [-0.1, -0.05) is 15.9 Å². The first kappa shape index (κ1) is 11.4. The normalized spacial score (nSPS) is 19.7. The number of hydrogen-bond acceptors (Lipinski definition) is 3. The molecule has 0 spiro atoms. The molecule has 3 N–H and O–H groups in total. The Morgan fingerprint density at radius 2 is 2.38 bits per heavy atom. The van der Waals surface area contributed by atoms with E-state index in [2.05, 4.69) is 21.2 Å². The zero-order valence-electron chi connectivity index (χ0n) is 8.70. The number of nitrogens with two attached hydrogens (primary N) is 1. The summed E-state index contributed by atoms with van der Waals surface area (Å²) in [5.41, 5.74) is 5.72. The van der Waals surface area contributed by atoms with Gasteiger partial charge in [-0.05, 0) is 31.2 Å². The van der Waals surface area contributed by atoms with Crippen molar-refractivity contribution < 1.29 is 9.53 Å². The summed E-state index contributed by atoms with van der Waals surface area (Å²) in [7, 11) is 0. The van der Waals surface area contributed by atoms with Crippen LogP contribution in [0.4, 0.5) is 0 Å². The standard InChI is InChI=1S/C11H13BrN2O2/c12-7-1-2-9(11(13)15)10(5-7)16-8-3-4-14-6-8/h1-2,5,8,14H,3-4,6H2,(H2,13,15). The first-order valence-corrected chi connectivity index (χ1v) is 5.93. The third kappa shape index (κ3) is 2.54. The van der Waals surface area contributed by atoms with E-state index < -0.39 is 5.91 Å². The van der Waals surface area contributed by atoms with Gasteiger partial charge in [-0.3, -0.25) is 4.79 Å². The molecule has 0 radical (unpaired) electrons. The zero-order valence-corrected chi connectivity index (χ0v) is 10.3. The molecule has 5 heteroatoms. The molecule has 0 bridgehead atoms. The maximum Gasteiger partial charge on any atom is 0.252 e. The molecule has 1 aliphatic heterocycles. The number of rotatable bonds is 3. The zero-order chi connectivity index (χ0) is 11.5. The maximum atomic E-state index is 11.2. The summed E-state index contributed by atoms with van der Waals surface area (Å²) in [6.07, 6.45) is 1.07. The number of benzene rings is 1. The fourth-order valence-corrected chi connectivity index (χ4v) is 2.05. The van der Waals surface area contributed by atoms with E-state index in [1.807, 2.05) is 0 Å². The molecule has 1 fully saturated rings. The molecule has 86 valence electrons. The molecule has 0 aromatic heterocycles. The quantitative estimate of drug-likeness (QED) is 0.879. The lowest BCUT2D eigenvalue weighted by Crippen LogP contribution is -2.22. The molecule has 1 heterocycles. The molecule has 1 amide bonds. The van der Waals surface area contributed by atoms with Crippen molar-refractivity contribution in [3.05, 3.63) is 28.2 Å². The van der Waals surface area contributed by atoms with Gasteiger partial charge >= 0.3 is 0 Å². The van der Waals surface area contributed by atoms with Crippen molar-refractivity contribution in [1.29, 1.82) is 0 Å². The monoisotopic (exact) mass is 284 g/mol. The number of ether oxygens (including phenoxy) is 1. The van der Waals surface area contributed by atoms with Crippen molar-refractivity contribution in [1.82, 2.24) is 5.32 Å². The molecule has 4 nitrogen and oxygen atoms in total. The van der Waals surface area contributed by atoms with Gasteiger partial charge in [0.25, 0.3) is 5.91 Å². The third-order valence-corrected chi connectivity index (χ3v) is 3.01. The summed E-state index contributed by atoms with van der Waals surface area (Å²) in [6, 6.07) is 5.22. The molecule has 1 atom stereocenters. The van der Waals surface area contributed by atoms with Crippen LogP contribution in [-0.2, 0) is 0 Å². The molecule has 16 heavy (non-hydrogen) atoms. The van der Waals surface area contributed by atoms with E-state index in [-0.39, 0.29) is 6.10 Å². The molecule has 1 aromatic rings. The summed E-state index contributed by atoms with van der Waals surface area (Å²) >= 11 is 3.35. The van der Waals surface area contributed by atoms with Crippen molar-refractivity contribution in [2.45, 2.75) is 12.5 Å². The van der Waals surface area contributed by atoms with E-state index in [9.17, 15) is 4.79 Å². The van der Waals surface area contributed by atoms with E-state index in [4.69, 9.17) is 10.5 Å². The highest BCUT2D eigenvalue weighted by molar-refractivity contribution is 9.10. The fourth-order valence-electron chi connectivity index (χ4n) is 1.71. The van der Waals surface area contributed by atoms with E-state index in [0.29, 0.717) is 11.3 Å². The van der Waals surface area contributed by atoms with Gasteiger partial charge in [-0.2, -0.15) is 0 Å². The molecule has 1 saturated heterocycles. The van der Waals surface area contributed by atoms with Crippen molar-refractivity contribution in [2.24, 2.45) is 5.73 Å². The second-order valence-corrected chi connectivity index (χ2v) is 4.65. The second-order valence-electron chi connectivity index (χ2n) is 3.74. The van der Waals surface area contributed by atoms with Crippen LogP contribution < -0.4 is 15.8 Å². The van der Waals surface area contributed by atoms with Crippen LogP contribution in [0.25, 0.3) is 0 Å². The summed E-state index contributed by atoms with van der Waals surface area (Å²) in [6.45, 7) is 1.76. The van der Waals surface area contributed by atoms with Crippen molar-refractivity contribution in [2.75, 3.05) is 13.1 Å². The largest absolute Gasteiger partial charge is 0.488 e. The predicted molar refractivity (Wildman–Crippen MR) is 64.6 cm³/mol. The lowest BCUT2D eigenvalue weighted by atomic mass is 10.2. The minimum absolute atomic E-state index is 0.118. The lowest BCUT2D eigenvalue weighted by molar-refractivity contribution is 0.0993. The molecular weight excluding hydrogens is 272 g/mol. The van der Waals surface area contributed by atoms with Gasteiger partial charge in [0, 0.05) is 11.0 Å². The highest BCUT2D eigenvalue weighted by Gasteiger charge is 2.19. The number of carbonyl (C=O) groups is 1. The Balaban J connectivity index is 2.22. The van der Waals surface area contributed by atoms with E-state index in [0.717, 1.165) is 24.0 Å². The van der Waals surface area contributed by atoms with Crippen LogP contribution in [0.2, 0.25) is 0 Å². The Labute approximate surface area is 102 Å².